The van der Waals surface area contributed by atoms with Crippen LogP contribution in [0.4, 0.5) is 0 Å². The van der Waals surface area contributed by atoms with Crippen molar-refractivity contribution in [3.05, 3.63) is 47.5 Å². The molecule has 2 aliphatic heterocycles. The van der Waals surface area contributed by atoms with Gasteiger partial charge in [0, 0.05) is 44.6 Å². The molecule has 1 aliphatic carbocycles. The van der Waals surface area contributed by atoms with Crippen molar-refractivity contribution in [3.8, 4) is 0 Å². The van der Waals surface area contributed by atoms with Crippen LogP contribution in [0.25, 0.3) is 0 Å². The van der Waals surface area contributed by atoms with E-state index < -0.39 is 0 Å². The first-order valence-electron chi connectivity index (χ1n) is 11.8. The Hall–Kier alpha value is -2.21. The monoisotopic (exact) mass is 407 g/mol. The smallest absolute Gasteiger partial charge is 0.222 e. The van der Waals surface area contributed by atoms with Gasteiger partial charge in [0.05, 0.1) is 6.54 Å². The van der Waals surface area contributed by atoms with Crippen LogP contribution in [0.3, 0.4) is 0 Å². The molecule has 0 N–H and O–H groups in total. The fraction of sp³-hybridized carbons (Fsp3) is 0.625. The summed E-state index contributed by atoms with van der Waals surface area (Å²) in [7, 11) is 0. The molecule has 1 aromatic heterocycles. The predicted octanol–water partition coefficient (Wildman–Crippen LogP) is 3.38. The molecule has 6 heteroatoms. The molecule has 0 spiro atoms. The lowest BCUT2D eigenvalue weighted by molar-refractivity contribution is -0.132. The number of hydrogen-bond acceptors (Lipinski definition) is 4. The highest BCUT2D eigenvalue weighted by Crippen LogP contribution is 2.30. The van der Waals surface area contributed by atoms with Crippen molar-refractivity contribution in [1.82, 2.24) is 24.6 Å². The van der Waals surface area contributed by atoms with Gasteiger partial charge in [-0.2, -0.15) is 0 Å². The second kappa shape index (κ2) is 8.88. The summed E-state index contributed by atoms with van der Waals surface area (Å²) >= 11 is 0. The SMILES string of the molecule is O=C(CCc1ccccc1)N1CCCC(c2nnc3n2CCN(C2CCCC2)C3)C1. The van der Waals surface area contributed by atoms with Gasteiger partial charge in [-0.05, 0) is 37.7 Å². The average molecular weight is 408 g/mol. The van der Waals surface area contributed by atoms with Crippen LogP contribution in [-0.4, -0.2) is 56.1 Å². The van der Waals surface area contributed by atoms with Crippen molar-refractivity contribution >= 4 is 5.91 Å². The lowest BCUT2D eigenvalue weighted by Gasteiger charge is -2.35. The molecular weight excluding hydrogens is 374 g/mol. The highest BCUT2D eigenvalue weighted by Gasteiger charge is 2.32. The van der Waals surface area contributed by atoms with Crippen molar-refractivity contribution < 1.29 is 4.79 Å². The zero-order valence-electron chi connectivity index (χ0n) is 17.9. The van der Waals surface area contributed by atoms with E-state index in [-0.39, 0.29) is 5.91 Å². The lowest BCUT2D eigenvalue weighted by atomic mass is 9.96. The summed E-state index contributed by atoms with van der Waals surface area (Å²) in [6.07, 6.45) is 8.98. The molecule has 2 aromatic rings. The molecular formula is C24H33N5O. The third-order valence-corrected chi connectivity index (χ3v) is 7.26. The Morgan fingerprint density at radius 1 is 0.967 bits per heavy atom. The maximum Gasteiger partial charge on any atom is 0.222 e. The molecule has 160 valence electrons. The zero-order valence-corrected chi connectivity index (χ0v) is 17.9. The van der Waals surface area contributed by atoms with Crippen molar-refractivity contribution in [1.29, 1.82) is 0 Å². The topological polar surface area (TPSA) is 54.3 Å². The number of aryl methyl sites for hydroxylation is 1. The van der Waals surface area contributed by atoms with E-state index in [4.69, 9.17) is 0 Å². The van der Waals surface area contributed by atoms with Crippen molar-refractivity contribution in [2.24, 2.45) is 0 Å². The second-order valence-corrected chi connectivity index (χ2v) is 9.20. The van der Waals surface area contributed by atoms with Gasteiger partial charge in [0.15, 0.2) is 0 Å². The highest BCUT2D eigenvalue weighted by molar-refractivity contribution is 5.76. The molecule has 3 heterocycles. The molecule has 1 amide bonds. The third kappa shape index (κ3) is 4.15. The predicted molar refractivity (Wildman–Crippen MR) is 116 cm³/mol. The lowest BCUT2D eigenvalue weighted by Crippen LogP contribution is -2.42. The number of benzene rings is 1. The summed E-state index contributed by atoms with van der Waals surface area (Å²) < 4.78 is 2.36. The molecule has 6 nitrogen and oxygen atoms in total. The number of piperidine rings is 1. The van der Waals surface area contributed by atoms with E-state index in [1.165, 1.54) is 31.2 Å². The Morgan fingerprint density at radius 2 is 1.80 bits per heavy atom. The van der Waals surface area contributed by atoms with E-state index in [1.54, 1.807) is 0 Å². The van der Waals surface area contributed by atoms with E-state index >= 15 is 0 Å². The third-order valence-electron chi connectivity index (χ3n) is 7.26. The highest BCUT2D eigenvalue weighted by atomic mass is 16.2. The summed E-state index contributed by atoms with van der Waals surface area (Å²) in [4.78, 5) is 17.5. The van der Waals surface area contributed by atoms with E-state index in [0.717, 1.165) is 69.7 Å². The normalized spacial score (nSPS) is 22.9. The molecule has 1 unspecified atom stereocenters. The largest absolute Gasteiger partial charge is 0.342 e. The summed E-state index contributed by atoms with van der Waals surface area (Å²) in [5.74, 6) is 2.82. The molecule has 1 aromatic carbocycles. The first-order chi connectivity index (χ1) is 14.8. The molecule has 0 bridgehead atoms. The fourth-order valence-corrected chi connectivity index (χ4v) is 5.55. The Morgan fingerprint density at radius 3 is 2.63 bits per heavy atom. The fourth-order valence-electron chi connectivity index (χ4n) is 5.55. The van der Waals surface area contributed by atoms with Gasteiger partial charge < -0.3 is 9.47 Å². The van der Waals surface area contributed by atoms with Crippen LogP contribution < -0.4 is 0 Å². The minimum Gasteiger partial charge on any atom is -0.342 e. The minimum absolute atomic E-state index is 0.273. The molecule has 1 saturated heterocycles. The average Bonchev–Trinajstić information content (AvgIpc) is 3.48. The quantitative estimate of drug-likeness (QED) is 0.763. The van der Waals surface area contributed by atoms with Gasteiger partial charge in [-0.25, -0.2) is 0 Å². The summed E-state index contributed by atoms with van der Waals surface area (Å²) in [5.41, 5.74) is 1.23. The van der Waals surface area contributed by atoms with Crippen LogP contribution in [0.1, 0.15) is 68.1 Å². The van der Waals surface area contributed by atoms with Crippen molar-refractivity contribution in [3.63, 3.8) is 0 Å². The van der Waals surface area contributed by atoms with Gasteiger partial charge in [0.1, 0.15) is 11.6 Å². The van der Waals surface area contributed by atoms with E-state index in [1.807, 2.05) is 18.2 Å². The van der Waals surface area contributed by atoms with Crippen LogP contribution in [0.2, 0.25) is 0 Å². The number of hydrogen-bond donors (Lipinski definition) is 0. The number of carbonyl (C=O) groups excluding carboxylic acids is 1. The Kier molecular flexibility index (Phi) is 5.84. The molecule has 1 atom stereocenters. The number of carbonyl (C=O) groups is 1. The van der Waals surface area contributed by atoms with Crippen LogP contribution >= 0.6 is 0 Å². The molecule has 5 rings (SSSR count). The van der Waals surface area contributed by atoms with Crippen molar-refractivity contribution in [2.45, 2.75) is 76.4 Å². The summed E-state index contributed by atoms with van der Waals surface area (Å²) in [6, 6.07) is 11.0. The molecule has 30 heavy (non-hydrogen) atoms. The number of likely N-dealkylation sites (tertiary alicyclic amines) is 1. The van der Waals surface area contributed by atoms with E-state index in [9.17, 15) is 4.79 Å². The number of nitrogens with zero attached hydrogens (tertiary/aromatic N) is 5. The first-order valence-corrected chi connectivity index (χ1v) is 11.8. The standard InChI is InChI=1S/C24H33N5O/c30-23(13-12-19-7-2-1-3-8-19)28-14-6-9-20(17-28)24-26-25-22-18-27(15-16-29(22)24)21-10-4-5-11-21/h1-3,7-8,20-21H,4-6,9-18H2. The summed E-state index contributed by atoms with van der Waals surface area (Å²) in [5, 5.41) is 9.19. The molecule has 1 saturated carbocycles. The van der Waals surface area contributed by atoms with Gasteiger partial charge in [-0.15, -0.1) is 10.2 Å². The number of amides is 1. The van der Waals surface area contributed by atoms with Gasteiger partial charge in [0.25, 0.3) is 0 Å². The summed E-state index contributed by atoms with van der Waals surface area (Å²) in [6.45, 7) is 4.70. The maximum atomic E-state index is 12.8. The Bertz CT molecular complexity index is 858. The zero-order chi connectivity index (χ0) is 20.3. The maximum absolute atomic E-state index is 12.8. The van der Waals surface area contributed by atoms with Gasteiger partial charge in [-0.1, -0.05) is 43.2 Å². The van der Waals surface area contributed by atoms with Gasteiger partial charge >= 0.3 is 0 Å². The molecule has 3 aliphatic rings. The Balaban J connectivity index is 1.21. The Labute approximate surface area is 179 Å². The number of fused-ring (bicyclic) bond motifs is 1. The van der Waals surface area contributed by atoms with Gasteiger partial charge in [-0.3, -0.25) is 9.69 Å². The first kappa shape index (κ1) is 19.7. The minimum atomic E-state index is 0.273. The number of aromatic nitrogens is 3. The van der Waals surface area contributed by atoms with Crippen LogP contribution in [0.5, 0.6) is 0 Å². The van der Waals surface area contributed by atoms with Gasteiger partial charge in [0.2, 0.25) is 5.91 Å². The van der Waals surface area contributed by atoms with Crippen LogP contribution in [0.15, 0.2) is 30.3 Å². The van der Waals surface area contributed by atoms with Crippen LogP contribution in [-0.2, 0) is 24.3 Å². The van der Waals surface area contributed by atoms with E-state index in [0.29, 0.717) is 12.3 Å². The van der Waals surface area contributed by atoms with Crippen molar-refractivity contribution in [2.75, 3.05) is 19.6 Å². The van der Waals surface area contributed by atoms with Crippen LogP contribution in [0, 0.1) is 0 Å². The second-order valence-electron chi connectivity index (χ2n) is 9.20. The number of rotatable bonds is 5. The molecule has 0 radical (unpaired) electrons. The molecule has 2 fully saturated rings. The van der Waals surface area contributed by atoms with E-state index in [2.05, 4.69) is 36.7 Å².